The van der Waals surface area contributed by atoms with Gasteiger partial charge in [0.15, 0.2) is 0 Å². The van der Waals surface area contributed by atoms with Gasteiger partial charge in [-0.25, -0.2) is 13.1 Å². The fourth-order valence-corrected chi connectivity index (χ4v) is 2.34. The smallest absolute Gasteiger partial charge is 0.240 e. The predicted molar refractivity (Wildman–Crippen MR) is 65.4 cm³/mol. The molecule has 1 fully saturated rings. The molecule has 2 rings (SSSR count). The zero-order valence-corrected chi connectivity index (χ0v) is 10.2. The standard InChI is InChI=1S/C13H16N4/c1-10(2)11-7-16-17(8-11)13(9-14-3)5-12(6-13)15-4/h7-8,10,12H,5-6,9H2,1-2H3/t12-,13+. The Morgan fingerprint density at radius 3 is 2.71 bits per heavy atom. The topological polar surface area (TPSA) is 26.5 Å². The second-order valence-corrected chi connectivity index (χ2v) is 5.10. The Kier molecular flexibility index (Phi) is 2.90. The lowest BCUT2D eigenvalue weighted by atomic mass is 9.73. The van der Waals surface area contributed by atoms with Crippen molar-refractivity contribution in [2.24, 2.45) is 0 Å². The van der Waals surface area contributed by atoms with E-state index in [1.165, 1.54) is 5.56 Å². The van der Waals surface area contributed by atoms with Gasteiger partial charge in [0.1, 0.15) is 5.54 Å². The van der Waals surface area contributed by atoms with Crippen molar-refractivity contribution >= 4 is 0 Å². The molecule has 0 atom stereocenters. The Morgan fingerprint density at radius 1 is 1.53 bits per heavy atom. The average Bonchev–Trinajstić information content (AvgIpc) is 2.72. The number of nitrogens with zero attached hydrogens (tertiary/aromatic N) is 4. The van der Waals surface area contributed by atoms with Crippen LogP contribution >= 0.6 is 0 Å². The van der Waals surface area contributed by atoms with Gasteiger partial charge in [-0.2, -0.15) is 5.10 Å². The number of hydrogen-bond donors (Lipinski definition) is 0. The quantitative estimate of drug-likeness (QED) is 0.731. The van der Waals surface area contributed by atoms with Gasteiger partial charge < -0.3 is 9.69 Å². The maximum atomic E-state index is 7.07. The van der Waals surface area contributed by atoms with E-state index in [2.05, 4.69) is 28.6 Å². The van der Waals surface area contributed by atoms with E-state index in [0.29, 0.717) is 12.5 Å². The van der Waals surface area contributed by atoms with Crippen LogP contribution in [0.25, 0.3) is 9.69 Å². The fourth-order valence-electron chi connectivity index (χ4n) is 2.34. The Bertz CT molecular complexity index is 480. The molecule has 0 saturated heterocycles. The molecule has 0 aliphatic heterocycles. The van der Waals surface area contributed by atoms with Crippen LogP contribution in [0.15, 0.2) is 12.4 Å². The molecule has 1 aromatic rings. The minimum atomic E-state index is -0.218. The van der Waals surface area contributed by atoms with E-state index in [-0.39, 0.29) is 11.6 Å². The summed E-state index contributed by atoms with van der Waals surface area (Å²) in [6.45, 7) is 18.8. The number of hydrogen-bond acceptors (Lipinski definition) is 1. The maximum Gasteiger partial charge on any atom is 0.240 e. The lowest BCUT2D eigenvalue weighted by molar-refractivity contribution is 0.134. The molecular weight excluding hydrogens is 212 g/mol. The molecule has 1 heterocycles. The molecule has 0 bridgehead atoms. The highest BCUT2D eigenvalue weighted by Crippen LogP contribution is 2.41. The second kappa shape index (κ2) is 4.22. The minimum absolute atomic E-state index is 0.0726. The Morgan fingerprint density at radius 2 is 2.24 bits per heavy atom. The molecular formula is C13H16N4. The van der Waals surface area contributed by atoms with Crippen LogP contribution in [-0.2, 0) is 5.54 Å². The van der Waals surface area contributed by atoms with Crippen molar-refractivity contribution in [3.8, 4) is 0 Å². The van der Waals surface area contributed by atoms with E-state index >= 15 is 0 Å². The summed E-state index contributed by atoms with van der Waals surface area (Å²) in [4.78, 5) is 7.06. The summed E-state index contributed by atoms with van der Waals surface area (Å²) < 4.78 is 1.92. The lowest BCUT2D eigenvalue weighted by Crippen LogP contribution is -2.50. The summed E-state index contributed by atoms with van der Waals surface area (Å²) in [5.74, 6) is 0.450. The summed E-state index contributed by atoms with van der Waals surface area (Å²) in [5.41, 5.74) is 0.977. The summed E-state index contributed by atoms with van der Waals surface area (Å²) >= 11 is 0. The molecule has 0 spiro atoms. The monoisotopic (exact) mass is 228 g/mol. The van der Waals surface area contributed by atoms with Crippen molar-refractivity contribution in [2.45, 2.75) is 44.2 Å². The predicted octanol–water partition coefficient (Wildman–Crippen LogP) is 2.70. The Labute approximate surface area is 102 Å². The average molecular weight is 228 g/mol. The first-order valence-electron chi connectivity index (χ1n) is 5.86. The van der Waals surface area contributed by atoms with E-state index in [9.17, 15) is 0 Å². The lowest BCUT2D eigenvalue weighted by Gasteiger charge is -2.37. The molecule has 1 aromatic heterocycles. The van der Waals surface area contributed by atoms with E-state index in [1.54, 1.807) is 0 Å². The van der Waals surface area contributed by atoms with Gasteiger partial charge in [0, 0.05) is 6.20 Å². The van der Waals surface area contributed by atoms with Crippen LogP contribution in [0.5, 0.6) is 0 Å². The number of rotatable bonds is 3. The van der Waals surface area contributed by atoms with Gasteiger partial charge in [0.25, 0.3) is 0 Å². The first-order chi connectivity index (χ1) is 8.11. The molecule has 0 unspecified atom stereocenters. The second-order valence-electron chi connectivity index (χ2n) is 5.10. The van der Waals surface area contributed by atoms with Gasteiger partial charge in [-0.05, 0) is 11.5 Å². The van der Waals surface area contributed by atoms with Crippen molar-refractivity contribution in [1.29, 1.82) is 0 Å². The fraction of sp³-hybridized carbons (Fsp3) is 0.615. The van der Waals surface area contributed by atoms with E-state index in [1.807, 2.05) is 17.1 Å². The molecule has 17 heavy (non-hydrogen) atoms. The van der Waals surface area contributed by atoms with Crippen LogP contribution < -0.4 is 0 Å². The van der Waals surface area contributed by atoms with Crippen molar-refractivity contribution in [3.05, 3.63) is 40.8 Å². The maximum absolute atomic E-state index is 7.07. The summed E-state index contributed by atoms with van der Waals surface area (Å²) in [6.07, 6.45) is 5.44. The van der Waals surface area contributed by atoms with Gasteiger partial charge in [-0.3, -0.25) is 4.68 Å². The van der Waals surface area contributed by atoms with Crippen LogP contribution in [0.2, 0.25) is 0 Å². The zero-order valence-electron chi connectivity index (χ0n) is 10.2. The van der Waals surface area contributed by atoms with Crippen LogP contribution in [0, 0.1) is 13.1 Å². The number of aromatic nitrogens is 2. The molecule has 1 aliphatic carbocycles. The molecule has 1 aliphatic rings. The zero-order chi connectivity index (χ0) is 12.5. The third-order valence-corrected chi connectivity index (χ3v) is 3.54. The van der Waals surface area contributed by atoms with E-state index < -0.39 is 0 Å². The Balaban J connectivity index is 2.23. The van der Waals surface area contributed by atoms with Crippen molar-refractivity contribution in [1.82, 2.24) is 9.78 Å². The van der Waals surface area contributed by atoms with Gasteiger partial charge in [-0.15, -0.1) is 0 Å². The third kappa shape index (κ3) is 1.91. The van der Waals surface area contributed by atoms with Crippen LogP contribution in [0.1, 0.15) is 38.2 Å². The molecule has 1 saturated carbocycles. The molecule has 4 heteroatoms. The highest BCUT2D eigenvalue weighted by Gasteiger charge is 2.53. The van der Waals surface area contributed by atoms with E-state index in [0.717, 1.165) is 12.8 Å². The SMILES string of the molecule is [C-]#[N+]C[C@]1(n2cc(C(C)C)cn2)C[C@@H]([N+]#[C-])C1. The highest BCUT2D eigenvalue weighted by molar-refractivity contribution is 5.15. The molecule has 0 N–H and O–H groups in total. The molecule has 4 nitrogen and oxygen atoms in total. The van der Waals surface area contributed by atoms with Gasteiger partial charge in [0.05, 0.1) is 19.0 Å². The first kappa shape index (κ1) is 11.7. The minimum Gasteiger partial charge on any atom is -0.314 e. The molecule has 0 radical (unpaired) electrons. The van der Waals surface area contributed by atoms with Crippen molar-refractivity contribution < 1.29 is 0 Å². The van der Waals surface area contributed by atoms with Crippen LogP contribution in [0.3, 0.4) is 0 Å². The Hall–Kier alpha value is -1.81. The highest BCUT2D eigenvalue weighted by atomic mass is 15.3. The van der Waals surface area contributed by atoms with Crippen molar-refractivity contribution in [2.75, 3.05) is 6.54 Å². The van der Waals surface area contributed by atoms with Gasteiger partial charge in [0.2, 0.25) is 12.6 Å². The van der Waals surface area contributed by atoms with Gasteiger partial charge in [-0.1, -0.05) is 13.8 Å². The van der Waals surface area contributed by atoms with Crippen LogP contribution in [0.4, 0.5) is 0 Å². The third-order valence-electron chi connectivity index (χ3n) is 3.54. The normalized spacial score (nSPS) is 27.2. The summed E-state index contributed by atoms with van der Waals surface area (Å²) in [6, 6.07) is 0.0726. The van der Waals surface area contributed by atoms with Gasteiger partial charge >= 0.3 is 0 Å². The van der Waals surface area contributed by atoms with Crippen molar-refractivity contribution in [3.63, 3.8) is 0 Å². The summed E-state index contributed by atoms with van der Waals surface area (Å²) in [7, 11) is 0. The van der Waals surface area contributed by atoms with E-state index in [4.69, 9.17) is 13.1 Å². The molecule has 0 aromatic carbocycles. The first-order valence-corrected chi connectivity index (χ1v) is 5.86. The molecule has 88 valence electrons. The molecule has 0 amide bonds. The summed E-state index contributed by atoms with van der Waals surface area (Å²) in [5, 5.41) is 4.39. The largest absolute Gasteiger partial charge is 0.314 e. The van der Waals surface area contributed by atoms with Crippen LogP contribution in [-0.4, -0.2) is 22.4 Å².